The molecular formula is C12H21N5O2. The standard InChI is InChI=1S/C12H21N5O2/c1-5-17(6-2)10(18)8-15(3)12(19)9-7-14-16(4)11(9)13/h7H,5-6,8,13H2,1-4H3. The van der Waals surface area contributed by atoms with Crippen LogP contribution in [0.4, 0.5) is 5.82 Å². The van der Waals surface area contributed by atoms with Gasteiger partial charge in [0.25, 0.3) is 5.91 Å². The zero-order valence-electron chi connectivity index (χ0n) is 11.9. The van der Waals surface area contributed by atoms with Gasteiger partial charge in [-0.3, -0.25) is 14.3 Å². The van der Waals surface area contributed by atoms with Gasteiger partial charge in [-0.25, -0.2) is 0 Å². The third-order valence-corrected chi connectivity index (χ3v) is 3.05. The molecule has 2 N–H and O–H groups in total. The minimum absolute atomic E-state index is 0.0366. The molecule has 0 aliphatic rings. The number of anilines is 1. The minimum atomic E-state index is -0.300. The van der Waals surface area contributed by atoms with Crippen LogP contribution in [0.3, 0.4) is 0 Å². The normalized spacial score (nSPS) is 10.3. The molecule has 0 unspecified atom stereocenters. The van der Waals surface area contributed by atoms with Crippen molar-refractivity contribution in [3.05, 3.63) is 11.8 Å². The topological polar surface area (TPSA) is 84.5 Å². The maximum atomic E-state index is 12.1. The summed E-state index contributed by atoms with van der Waals surface area (Å²) in [6.45, 7) is 5.11. The third-order valence-electron chi connectivity index (χ3n) is 3.05. The maximum Gasteiger partial charge on any atom is 0.259 e. The van der Waals surface area contributed by atoms with Crippen LogP contribution < -0.4 is 5.73 Å². The number of carbonyl (C=O) groups excluding carboxylic acids is 2. The maximum absolute atomic E-state index is 12.1. The van der Waals surface area contributed by atoms with Crippen molar-refractivity contribution in [3.63, 3.8) is 0 Å². The van der Waals surface area contributed by atoms with Crippen molar-refractivity contribution in [2.45, 2.75) is 13.8 Å². The van der Waals surface area contributed by atoms with Crippen LogP contribution in [0.15, 0.2) is 6.20 Å². The molecule has 1 rings (SSSR count). The SMILES string of the molecule is CCN(CC)C(=O)CN(C)C(=O)c1cnn(C)c1N. The first-order valence-corrected chi connectivity index (χ1v) is 6.23. The summed E-state index contributed by atoms with van der Waals surface area (Å²) < 4.78 is 1.42. The average Bonchev–Trinajstić information content (AvgIpc) is 2.70. The van der Waals surface area contributed by atoms with Crippen LogP contribution in [-0.2, 0) is 11.8 Å². The Morgan fingerprint density at radius 2 is 1.95 bits per heavy atom. The molecule has 0 atom stereocenters. The largest absolute Gasteiger partial charge is 0.383 e. The van der Waals surface area contributed by atoms with Gasteiger partial charge in [-0.2, -0.15) is 5.10 Å². The Labute approximate surface area is 113 Å². The Hall–Kier alpha value is -2.05. The summed E-state index contributed by atoms with van der Waals surface area (Å²) in [6, 6.07) is 0. The number of nitrogens with two attached hydrogens (primary N) is 1. The lowest BCUT2D eigenvalue weighted by molar-refractivity contribution is -0.131. The first-order valence-electron chi connectivity index (χ1n) is 6.23. The Kier molecular flexibility index (Phi) is 4.91. The molecule has 1 aromatic heterocycles. The monoisotopic (exact) mass is 267 g/mol. The number of nitrogen functional groups attached to an aromatic ring is 1. The Balaban J connectivity index is 2.73. The molecule has 1 heterocycles. The lowest BCUT2D eigenvalue weighted by Crippen LogP contribution is -2.41. The van der Waals surface area contributed by atoms with Crippen molar-refractivity contribution < 1.29 is 9.59 Å². The van der Waals surface area contributed by atoms with E-state index >= 15 is 0 Å². The molecule has 0 spiro atoms. The smallest absolute Gasteiger partial charge is 0.259 e. The number of hydrogen-bond donors (Lipinski definition) is 1. The second kappa shape index (κ2) is 6.21. The molecule has 0 saturated carbocycles. The fourth-order valence-electron chi connectivity index (χ4n) is 1.77. The van der Waals surface area contributed by atoms with Crippen LogP contribution in [-0.4, -0.2) is 58.1 Å². The van der Waals surface area contributed by atoms with Crippen molar-refractivity contribution >= 4 is 17.6 Å². The molecule has 106 valence electrons. The molecule has 0 fully saturated rings. The number of hydrogen-bond acceptors (Lipinski definition) is 4. The van der Waals surface area contributed by atoms with Crippen LogP contribution in [0.2, 0.25) is 0 Å². The number of aryl methyl sites for hydroxylation is 1. The number of amides is 2. The number of carbonyl (C=O) groups is 2. The summed E-state index contributed by atoms with van der Waals surface area (Å²) >= 11 is 0. The first-order chi connectivity index (χ1) is 8.92. The van der Waals surface area contributed by atoms with Crippen LogP contribution in [0, 0.1) is 0 Å². The highest BCUT2D eigenvalue weighted by atomic mass is 16.2. The summed E-state index contributed by atoms with van der Waals surface area (Å²) in [6.07, 6.45) is 1.41. The molecule has 0 bridgehead atoms. The summed E-state index contributed by atoms with van der Waals surface area (Å²) in [5.41, 5.74) is 6.06. The zero-order chi connectivity index (χ0) is 14.6. The van der Waals surface area contributed by atoms with Gasteiger partial charge in [0.05, 0.1) is 12.7 Å². The van der Waals surface area contributed by atoms with E-state index in [1.807, 2.05) is 13.8 Å². The number of likely N-dealkylation sites (N-methyl/N-ethyl adjacent to an activating group) is 2. The summed E-state index contributed by atoms with van der Waals surface area (Å²) in [5.74, 6) is -0.0819. The van der Waals surface area contributed by atoms with Crippen LogP contribution in [0.1, 0.15) is 24.2 Å². The summed E-state index contributed by atoms with van der Waals surface area (Å²) in [7, 11) is 3.24. The van der Waals surface area contributed by atoms with Gasteiger partial charge in [0.2, 0.25) is 5.91 Å². The molecular weight excluding hydrogens is 246 g/mol. The van der Waals surface area contributed by atoms with Gasteiger partial charge in [0.15, 0.2) is 0 Å². The van der Waals surface area contributed by atoms with E-state index in [4.69, 9.17) is 5.73 Å². The van der Waals surface area contributed by atoms with E-state index in [1.165, 1.54) is 15.8 Å². The molecule has 0 radical (unpaired) electrons. The highest BCUT2D eigenvalue weighted by Gasteiger charge is 2.21. The van der Waals surface area contributed by atoms with Gasteiger partial charge in [0.1, 0.15) is 11.4 Å². The van der Waals surface area contributed by atoms with Crippen LogP contribution in [0.5, 0.6) is 0 Å². The van der Waals surface area contributed by atoms with Gasteiger partial charge in [-0.05, 0) is 13.8 Å². The van der Waals surface area contributed by atoms with E-state index in [0.717, 1.165) is 0 Å². The zero-order valence-corrected chi connectivity index (χ0v) is 11.9. The van der Waals surface area contributed by atoms with Crippen LogP contribution >= 0.6 is 0 Å². The highest BCUT2D eigenvalue weighted by Crippen LogP contribution is 2.11. The lowest BCUT2D eigenvalue weighted by atomic mass is 10.3. The quantitative estimate of drug-likeness (QED) is 0.810. The molecule has 1 aromatic rings. The van der Waals surface area contributed by atoms with Crippen molar-refractivity contribution in [1.29, 1.82) is 0 Å². The van der Waals surface area contributed by atoms with E-state index in [0.29, 0.717) is 24.5 Å². The number of rotatable bonds is 5. The van der Waals surface area contributed by atoms with Gasteiger partial charge >= 0.3 is 0 Å². The highest BCUT2D eigenvalue weighted by molar-refractivity contribution is 5.99. The van der Waals surface area contributed by atoms with E-state index in [9.17, 15) is 9.59 Å². The number of nitrogens with zero attached hydrogens (tertiary/aromatic N) is 4. The van der Waals surface area contributed by atoms with Gasteiger partial charge in [-0.1, -0.05) is 0 Å². The van der Waals surface area contributed by atoms with E-state index in [-0.39, 0.29) is 18.4 Å². The summed E-state index contributed by atoms with van der Waals surface area (Å²) in [4.78, 5) is 27.1. The average molecular weight is 267 g/mol. The summed E-state index contributed by atoms with van der Waals surface area (Å²) in [5, 5.41) is 3.92. The molecule has 2 amide bonds. The lowest BCUT2D eigenvalue weighted by Gasteiger charge is -2.23. The second-order valence-electron chi connectivity index (χ2n) is 4.29. The Morgan fingerprint density at radius 3 is 2.37 bits per heavy atom. The van der Waals surface area contributed by atoms with Crippen molar-refractivity contribution in [1.82, 2.24) is 19.6 Å². The molecule has 0 aliphatic carbocycles. The first kappa shape index (κ1) is 15.0. The second-order valence-corrected chi connectivity index (χ2v) is 4.29. The minimum Gasteiger partial charge on any atom is -0.383 e. The fourth-order valence-corrected chi connectivity index (χ4v) is 1.77. The van der Waals surface area contributed by atoms with Gasteiger partial charge < -0.3 is 15.5 Å². The molecule has 19 heavy (non-hydrogen) atoms. The van der Waals surface area contributed by atoms with Crippen molar-refractivity contribution in [2.24, 2.45) is 7.05 Å². The number of aromatic nitrogens is 2. The Bertz CT molecular complexity index is 465. The predicted molar refractivity (Wildman–Crippen MR) is 72.5 cm³/mol. The van der Waals surface area contributed by atoms with Crippen molar-refractivity contribution in [2.75, 3.05) is 32.4 Å². The van der Waals surface area contributed by atoms with E-state index in [2.05, 4.69) is 5.10 Å². The predicted octanol–water partition coefficient (Wildman–Crippen LogP) is -0.0573. The molecule has 0 aliphatic heterocycles. The molecule has 0 aromatic carbocycles. The Morgan fingerprint density at radius 1 is 1.37 bits per heavy atom. The van der Waals surface area contributed by atoms with Crippen molar-refractivity contribution in [3.8, 4) is 0 Å². The van der Waals surface area contributed by atoms with Crippen LogP contribution in [0.25, 0.3) is 0 Å². The van der Waals surface area contributed by atoms with E-state index < -0.39 is 0 Å². The third kappa shape index (κ3) is 3.24. The van der Waals surface area contributed by atoms with E-state index in [1.54, 1.807) is 19.0 Å². The molecule has 7 nitrogen and oxygen atoms in total. The van der Waals surface area contributed by atoms with Gasteiger partial charge in [0, 0.05) is 27.2 Å². The molecule has 7 heteroatoms. The van der Waals surface area contributed by atoms with Gasteiger partial charge in [-0.15, -0.1) is 0 Å². The molecule has 0 saturated heterocycles. The fraction of sp³-hybridized carbons (Fsp3) is 0.583.